The molecule has 0 bridgehead atoms. The lowest BCUT2D eigenvalue weighted by Gasteiger charge is -2.31. The highest BCUT2D eigenvalue weighted by atomic mass is 16.4. The molecule has 0 saturated heterocycles. The molecule has 0 aromatic rings. The third-order valence-corrected chi connectivity index (χ3v) is 13.4. The van der Waals surface area contributed by atoms with Gasteiger partial charge in [-0.05, 0) is 81.0 Å². The summed E-state index contributed by atoms with van der Waals surface area (Å²) in [6.45, 7) is 17.4. The Morgan fingerprint density at radius 3 is 0.866 bits per heavy atom. The molecule has 0 aliphatic carbocycles. The van der Waals surface area contributed by atoms with Gasteiger partial charge in [-0.25, -0.2) is 4.79 Å². The summed E-state index contributed by atoms with van der Waals surface area (Å²) >= 11 is 0. The summed E-state index contributed by atoms with van der Waals surface area (Å²) in [6, 6.07) is -11.3. The first-order valence-electron chi connectivity index (χ1n) is 27.9. The number of nitrogens with one attached hydrogen (secondary N) is 8. The Hall–Kier alpha value is -7.73. The van der Waals surface area contributed by atoms with Gasteiger partial charge in [-0.1, -0.05) is 82.1 Å². The summed E-state index contributed by atoms with van der Waals surface area (Å²) in [7, 11) is 0. The maximum Gasteiger partial charge on any atom is 0.326 e. The Kier molecular flexibility index (Phi) is 35.2. The van der Waals surface area contributed by atoms with Crippen molar-refractivity contribution in [3.63, 3.8) is 0 Å². The summed E-state index contributed by atoms with van der Waals surface area (Å²) in [6.07, 6.45) is 1.46. The number of carbonyl (C=O) groups is 9. The molecule has 27 N–H and O–H groups in total. The van der Waals surface area contributed by atoms with Gasteiger partial charge in [-0.2, -0.15) is 0 Å². The van der Waals surface area contributed by atoms with E-state index in [4.69, 9.17) is 51.6 Å². The van der Waals surface area contributed by atoms with Crippen molar-refractivity contribution in [2.45, 2.75) is 188 Å². The van der Waals surface area contributed by atoms with Crippen LogP contribution in [0.4, 0.5) is 0 Å². The monoisotopic (exact) mass is 1170 g/mol. The molecule has 82 heavy (non-hydrogen) atoms. The molecule has 0 aromatic heterocycles. The van der Waals surface area contributed by atoms with Crippen LogP contribution in [0.1, 0.15) is 133 Å². The van der Waals surface area contributed by atoms with Crippen LogP contribution in [0, 0.1) is 29.6 Å². The number of carbonyl (C=O) groups excluding carboxylic acids is 8. The highest BCUT2D eigenvalue weighted by Crippen LogP contribution is 2.15. The molecule has 468 valence electrons. The third kappa shape index (κ3) is 29.1. The smallest absolute Gasteiger partial charge is 0.326 e. The minimum Gasteiger partial charge on any atom is -0.480 e. The second-order valence-electron chi connectivity index (χ2n) is 21.4. The van der Waals surface area contributed by atoms with E-state index >= 15 is 0 Å². The van der Waals surface area contributed by atoms with Gasteiger partial charge >= 0.3 is 5.97 Å². The summed E-state index contributed by atoms with van der Waals surface area (Å²) in [5.74, 6) is -10.7. The molecule has 0 aliphatic rings. The SMILES string of the molecule is CC[C@H](C)[C@H](NC(=O)[C@H](CCCN=C(N)N)NC(=O)[C@@H](NC(=O)[C@H](CCCN=C(N)N)NC(=O)[C@@H](NC(=O)[C@@H](NC(=O)[C@H](CCCN=C(N)N)NC(=O)[C@@H](N)C(C)C)[C@@H](C)CC)C(C)C)C(C)C)C(=O)N[C@@H](CCCN=C(N)N)C(=O)O. The van der Waals surface area contributed by atoms with Crippen molar-refractivity contribution in [2.75, 3.05) is 26.2 Å². The highest BCUT2D eigenvalue weighted by molar-refractivity contribution is 5.98. The fourth-order valence-corrected chi connectivity index (χ4v) is 7.91. The number of hydrogen-bond acceptors (Lipinski definition) is 14. The van der Waals surface area contributed by atoms with Gasteiger partial charge in [0.1, 0.15) is 48.3 Å². The zero-order valence-corrected chi connectivity index (χ0v) is 49.6. The first-order valence-corrected chi connectivity index (χ1v) is 27.9. The number of carboxylic acid groups (broad SMARTS) is 1. The summed E-state index contributed by atoms with van der Waals surface area (Å²) in [4.78, 5) is 140. The molecule has 0 rings (SSSR count). The van der Waals surface area contributed by atoms with E-state index in [0.29, 0.717) is 12.8 Å². The van der Waals surface area contributed by atoms with Gasteiger partial charge < -0.3 is 99.2 Å². The molecule has 0 aromatic carbocycles. The van der Waals surface area contributed by atoms with E-state index in [9.17, 15) is 48.3 Å². The Morgan fingerprint density at radius 2 is 0.598 bits per heavy atom. The lowest BCUT2D eigenvalue weighted by atomic mass is 9.95. The second-order valence-corrected chi connectivity index (χ2v) is 21.4. The molecule has 0 unspecified atom stereocenters. The molecule has 0 spiro atoms. The molecule has 0 radical (unpaired) electrons. The first-order chi connectivity index (χ1) is 38.3. The second kappa shape index (κ2) is 38.8. The molecule has 11 atom stereocenters. The van der Waals surface area contributed by atoms with Gasteiger partial charge in [0.2, 0.25) is 47.3 Å². The van der Waals surface area contributed by atoms with Gasteiger partial charge in [0.05, 0.1) is 6.04 Å². The largest absolute Gasteiger partial charge is 0.480 e. The number of amides is 8. The number of aliphatic carboxylic acids is 1. The minimum absolute atomic E-state index is 0.0360. The number of carboxylic acids is 1. The van der Waals surface area contributed by atoms with Crippen LogP contribution in [0.15, 0.2) is 20.0 Å². The van der Waals surface area contributed by atoms with Gasteiger partial charge in [-0.3, -0.25) is 58.3 Å². The van der Waals surface area contributed by atoms with E-state index in [-0.39, 0.29) is 107 Å². The quantitative estimate of drug-likeness (QED) is 0.0156. The van der Waals surface area contributed by atoms with Crippen molar-refractivity contribution in [1.29, 1.82) is 0 Å². The maximum absolute atomic E-state index is 14.4. The van der Waals surface area contributed by atoms with Crippen LogP contribution in [0.3, 0.4) is 0 Å². The van der Waals surface area contributed by atoms with Crippen molar-refractivity contribution >= 4 is 77.1 Å². The standard InChI is InChI=1S/C51H99N21O10/c1-11-28(9)37(45(79)68-33(47(81)82)20-16-24-64-51(59)60)71-41(75)32(19-15-23-63-50(57)58)67-43(77)35(26(5)6)69-39(73)31(18-14-22-62-49(55)56)66-44(78)36(27(7)8)70-46(80)38(29(10)12-2)72-40(74)30(17-13-21-61-48(53)54)65-42(76)34(52)25(3)4/h25-38H,11-24,52H2,1-10H3,(H,65,76)(H,66,78)(H,67,77)(H,68,79)(H,69,73)(H,70,80)(H,71,75)(H,72,74)(H,81,82)(H4,53,54,61)(H4,55,56,62)(H4,57,58,63)(H4,59,60,64)/t28-,29-,30-,31-,32-,33-,34-,35-,36-,37-,38-/m0/s1. The van der Waals surface area contributed by atoms with Crippen LogP contribution in [-0.2, 0) is 43.2 Å². The third-order valence-electron chi connectivity index (χ3n) is 13.4. The molecule has 0 aliphatic heterocycles. The van der Waals surface area contributed by atoms with E-state index in [1.165, 1.54) is 0 Å². The molecule has 0 heterocycles. The number of nitrogens with zero attached hydrogens (tertiary/aromatic N) is 4. The van der Waals surface area contributed by atoms with E-state index in [2.05, 4.69) is 62.5 Å². The van der Waals surface area contributed by atoms with Gasteiger partial charge in [0.25, 0.3) is 0 Å². The lowest BCUT2D eigenvalue weighted by Crippen LogP contribution is -2.62. The zero-order valence-electron chi connectivity index (χ0n) is 49.6. The number of rotatable bonds is 40. The number of nitrogens with two attached hydrogens (primary N) is 9. The minimum atomic E-state index is -1.37. The average molecular weight is 1170 g/mol. The summed E-state index contributed by atoms with van der Waals surface area (Å²) in [5.41, 5.74) is 49.9. The molecule has 31 heteroatoms. The topological polar surface area (TPSA) is 554 Å². The van der Waals surface area contributed by atoms with Gasteiger partial charge in [0.15, 0.2) is 23.8 Å². The normalized spacial score (nSPS) is 15.1. The fraction of sp³-hybridized carbons (Fsp3) is 0.745. The molecule has 8 amide bonds. The van der Waals surface area contributed by atoms with E-state index in [1.54, 1.807) is 69.2 Å². The number of guanidine groups is 4. The summed E-state index contributed by atoms with van der Waals surface area (Å²) in [5, 5.41) is 31.4. The Balaban J connectivity index is 6.96. The molecule has 31 nitrogen and oxygen atoms in total. The molecular weight excluding hydrogens is 1070 g/mol. The van der Waals surface area contributed by atoms with Crippen LogP contribution >= 0.6 is 0 Å². The predicted molar refractivity (Wildman–Crippen MR) is 314 cm³/mol. The van der Waals surface area contributed by atoms with Crippen LogP contribution in [-0.4, -0.2) is 163 Å². The molecular formula is C51H99N21O10. The number of hydrogen-bond donors (Lipinski definition) is 18. The zero-order chi connectivity index (χ0) is 63.0. The van der Waals surface area contributed by atoms with Crippen molar-refractivity contribution in [3.8, 4) is 0 Å². The van der Waals surface area contributed by atoms with Crippen molar-refractivity contribution in [1.82, 2.24) is 42.5 Å². The summed E-state index contributed by atoms with van der Waals surface area (Å²) < 4.78 is 0. The average Bonchev–Trinajstić information content (AvgIpc) is 3.39. The van der Waals surface area contributed by atoms with Crippen LogP contribution < -0.4 is 94.1 Å². The first kappa shape index (κ1) is 74.3. The Labute approximate surface area is 481 Å². The fourth-order valence-electron chi connectivity index (χ4n) is 7.91. The predicted octanol–water partition coefficient (Wildman–Crippen LogP) is -4.45. The Morgan fingerprint density at radius 1 is 0.354 bits per heavy atom. The molecule has 0 saturated carbocycles. The van der Waals surface area contributed by atoms with Crippen LogP contribution in [0.2, 0.25) is 0 Å². The van der Waals surface area contributed by atoms with E-state index in [1.807, 2.05) is 0 Å². The van der Waals surface area contributed by atoms with Crippen molar-refractivity contribution in [3.05, 3.63) is 0 Å². The maximum atomic E-state index is 14.4. The van der Waals surface area contributed by atoms with Crippen molar-refractivity contribution in [2.24, 2.45) is 101 Å². The Bertz CT molecular complexity index is 2190. The van der Waals surface area contributed by atoms with Crippen molar-refractivity contribution < 1.29 is 48.3 Å². The highest BCUT2D eigenvalue weighted by Gasteiger charge is 2.38. The van der Waals surface area contributed by atoms with Crippen LogP contribution in [0.5, 0.6) is 0 Å². The lowest BCUT2D eigenvalue weighted by molar-refractivity contribution is -0.143. The van der Waals surface area contributed by atoms with Gasteiger partial charge in [-0.15, -0.1) is 0 Å². The van der Waals surface area contributed by atoms with E-state index in [0.717, 1.165) is 0 Å². The van der Waals surface area contributed by atoms with Crippen LogP contribution in [0.25, 0.3) is 0 Å². The molecule has 0 fully saturated rings. The van der Waals surface area contributed by atoms with Gasteiger partial charge in [0, 0.05) is 26.2 Å². The van der Waals surface area contributed by atoms with E-state index < -0.39 is 131 Å². The number of aliphatic imine (C=N–C) groups is 4.